The van der Waals surface area contributed by atoms with E-state index in [1.54, 1.807) is 18.2 Å². The number of aryl methyl sites for hydroxylation is 1. The second kappa shape index (κ2) is 13.5. The Balaban J connectivity index is 1.59. The molecule has 3 aromatic carbocycles. The van der Waals surface area contributed by atoms with Crippen molar-refractivity contribution in [3.05, 3.63) is 89.0 Å². The van der Waals surface area contributed by atoms with Crippen molar-refractivity contribution in [3.8, 4) is 22.9 Å². The summed E-state index contributed by atoms with van der Waals surface area (Å²) < 4.78 is 5.58. The quantitative estimate of drug-likeness (QED) is 0.152. The van der Waals surface area contributed by atoms with Crippen molar-refractivity contribution in [1.82, 2.24) is 0 Å². The van der Waals surface area contributed by atoms with Gasteiger partial charge in [0.1, 0.15) is 11.8 Å². The normalized spacial score (nSPS) is 10.8. The Hall–Kier alpha value is -3.38. The van der Waals surface area contributed by atoms with Crippen LogP contribution in [0.25, 0.3) is 11.1 Å². The zero-order valence-corrected chi connectivity index (χ0v) is 21.3. The molecule has 3 nitrogen and oxygen atoms in total. The number of hydrogen-bond donors (Lipinski definition) is 0. The van der Waals surface area contributed by atoms with Crippen molar-refractivity contribution in [2.45, 2.75) is 72.1 Å². The molecule has 0 saturated carbocycles. The van der Waals surface area contributed by atoms with Crippen molar-refractivity contribution in [2.75, 3.05) is 0 Å². The molecule has 0 radical (unpaired) electrons. The summed E-state index contributed by atoms with van der Waals surface area (Å²) in [4.78, 5) is 12.7. The third-order valence-electron chi connectivity index (χ3n) is 6.24. The van der Waals surface area contributed by atoms with E-state index in [0.717, 1.165) is 36.0 Å². The number of benzene rings is 3. The molecule has 0 aliphatic heterocycles. The fourth-order valence-electron chi connectivity index (χ4n) is 4.28. The van der Waals surface area contributed by atoms with Gasteiger partial charge < -0.3 is 4.74 Å². The summed E-state index contributed by atoms with van der Waals surface area (Å²) in [6, 6.07) is 23.7. The van der Waals surface area contributed by atoms with Crippen LogP contribution in [0, 0.1) is 17.2 Å². The molecule has 0 fully saturated rings. The molecule has 0 spiro atoms. The minimum atomic E-state index is -0.455. The van der Waals surface area contributed by atoms with Gasteiger partial charge in [-0.2, -0.15) is 5.26 Å². The van der Waals surface area contributed by atoms with Crippen molar-refractivity contribution in [2.24, 2.45) is 5.92 Å². The molecule has 3 rings (SSSR count). The van der Waals surface area contributed by atoms with E-state index < -0.39 is 5.97 Å². The third kappa shape index (κ3) is 8.11. The van der Waals surface area contributed by atoms with Gasteiger partial charge in [-0.05, 0) is 71.7 Å². The number of carbonyl (C=O) groups is 1. The molecule has 0 aliphatic carbocycles. The minimum absolute atomic E-state index is 0.314. The van der Waals surface area contributed by atoms with Gasteiger partial charge in [0.25, 0.3) is 0 Å². The van der Waals surface area contributed by atoms with Crippen LogP contribution in [0.4, 0.5) is 0 Å². The molecule has 3 aromatic rings. The highest BCUT2D eigenvalue weighted by molar-refractivity contribution is 5.92. The molecular formula is C32H37NO2. The molecule has 0 unspecified atom stereocenters. The number of rotatable bonds is 12. The first-order chi connectivity index (χ1) is 17.0. The maximum atomic E-state index is 12.7. The van der Waals surface area contributed by atoms with Gasteiger partial charge in [0.05, 0.1) is 11.1 Å². The summed E-state index contributed by atoms with van der Waals surface area (Å²) >= 11 is 0. The van der Waals surface area contributed by atoms with Crippen LogP contribution in [0.5, 0.6) is 5.75 Å². The molecule has 182 valence electrons. The number of esters is 1. The zero-order chi connectivity index (χ0) is 25.0. The molecule has 35 heavy (non-hydrogen) atoms. The molecule has 0 bridgehead atoms. The Morgan fingerprint density at radius 2 is 1.43 bits per heavy atom. The lowest BCUT2D eigenvalue weighted by atomic mass is 9.98. The van der Waals surface area contributed by atoms with E-state index in [1.165, 1.54) is 37.7 Å². The van der Waals surface area contributed by atoms with Gasteiger partial charge in [0.2, 0.25) is 0 Å². The summed E-state index contributed by atoms with van der Waals surface area (Å²) in [5.74, 6) is 0.488. The number of hydrogen-bond acceptors (Lipinski definition) is 3. The van der Waals surface area contributed by atoms with Crippen LogP contribution in [0.1, 0.15) is 86.3 Å². The molecule has 0 saturated heterocycles. The van der Waals surface area contributed by atoms with Crippen LogP contribution < -0.4 is 4.74 Å². The first kappa shape index (κ1) is 26.2. The largest absolute Gasteiger partial charge is 0.422 e. The smallest absolute Gasteiger partial charge is 0.343 e. The van der Waals surface area contributed by atoms with Crippen molar-refractivity contribution in [1.29, 1.82) is 5.26 Å². The van der Waals surface area contributed by atoms with Gasteiger partial charge in [-0.3, -0.25) is 0 Å². The van der Waals surface area contributed by atoms with Crippen LogP contribution in [0.15, 0.2) is 66.7 Å². The fourth-order valence-corrected chi connectivity index (χ4v) is 4.28. The lowest BCUT2D eigenvalue weighted by Gasteiger charge is -2.09. The summed E-state index contributed by atoms with van der Waals surface area (Å²) in [5, 5.41) is 9.58. The number of nitrogens with zero attached hydrogens (tertiary/aromatic N) is 1. The van der Waals surface area contributed by atoms with E-state index in [-0.39, 0.29) is 0 Å². The second-order valence-electron chi connectivity index (χ2n) is 9.72. The van der Waals surface area contributed by atoms with Gasteiger partial charge in [-0.1, -0.05) is 95.3 Å². The molecule has 0 aliphatic rings. The van der Waals surface area contributed by atoms with Gasteiger partial charge >= 0.3 is 5.97 Å². The molecule has 0 N–H and O–H groups in total. The summed E-state index contributed by atoms with van der Waals surface area (Å²) in [6.45, 7) is 6.66. The highest BCUT2D eigenvalue weighted by Gasteiger charge is 2.13. The van der Waals surface area contributed by atoms with Gasteiger partial charge in [0.15, 0.2) is 0 Å². The van der Waals surface area contributed by atoms with Crippen LogP contribution in [0.3, 0.4) is 0 Å². The highest BCUT2D eigenvalue weighted by atomic mass is 16.5. The summed E-state index contributed by atoms with van der Waals surface area (Å²) in [6.07, 6.45) is 9.42. The molecular weight excluding hydrogens is 430 g/mol. The van der Waals surface area contributed by atoms with E-state index >= 15 is 0 Å². The Morgan fingerprint density at radius 1 is 0.829 bits per heavy atom. The average Bonchev–Trinajstić information content (AvgIpc) is 2.87. The summed E-state index contributed by atoms with van der Waals surface area (Å²) in [7, 11) is 0. The Morgan fingerprint density at radius 3 is 2.06 bits per heavy atom. The molecule has 0 atom stereocenters. The van der Waals surface area contributed by atoms with Crippen molar-refractivity contribution < 1.29 is 9.53 Å². The Kier molecular flexibility index (Phi) is 10.1. The van der Waals surface area contributed by atoms with Gasteiger partial charge in [0, 0.05) is 0 Å². The lowest BCUT2D eigenvalue weighted by Crippen LogP contribution is -2.09. The van der Waals surface area contributed by atoms with Crippen LogP contribution >= 0.6 is 0 Å². The van der Waals surface area contributed by atoms with E-state index in [1.807, 2.05) is 24.3 Å². The second-order valence-corrected chi connectivity index (χ2v) is 9.72. The van der Waals surface area contributed by atoms with Gasteiger partial charge in [-0.25, -0.2) is 4.79 Å². The zero-order valence-electron chi connectivity index (χ0n) is 21.3. The predicted molar refractivity (Wildman–Crippen MR) is 144 cm³/mol. The maximum Gasteiger partial charge on any atom is 0.343 e. The number of ether oxygens (including phenoxy) is 1. The van der Waals surface area contributed by atoms with Crippen molar-refractivity contribution in [3.63, 3.8) is 0 Å². The molecule has 3 heteroatoms. The average molecular weight is 468 g/mol. The Labute approximate surface area is 210 Å². The number of unbranched alkanes of at least 4 members (excludes halogenated alkanes) is 5. The van der Waals surface area contributed by atoms with Gasteiger partial charge in [-0.15, -0.1) is 0 Å². The van der Waals surface area contributed by atoms with E-state index in [9.17, 15) is 10.1 Å². The van der Waals surface area contributed by atoms with E-state index in [2.05, 4.69) is 51.1 Å². The number of nitriles is 1. The fraction of sp³-hybridized carbons (Fsp3) is 0.375. The molecule has 0 aromatic heterocycles. The summed E-state index contributed by atoms with van der Waals surface area (Å²) in [5.41, 5.74) is 5.47. The number of carbonyl (C=O) groups excluding carboxylic acids is 1. The first-order valence-electron chi connectivity index (χ1n) is 12.9. The molecule has 0 amide bonds. The SMILES string of the molecule is CCCCCCCCc1ccc(OC(=O)c2ccc(-c3ccc(CC(C)C)cc3)cc2)c(C#N)c1. The first-order valence-corrected chi connectivity index (χ1v) is 12.9. The minimum Gasteiger partial charge on any atom is -0.422 e. The van der Waals surface area contributed by atoms with E-state index in [0.29, 0.717) is 22.8 Å². The van der Waals surface area contributed by atoms with E-state index in [4.69, 9.17) is 4.74 Å². The van der Waals surface area contributed by atoms with Crippen LogP contribution in [0.2, 0.25) is 0 Å². The van der Waals surface area contributed by atoms with Crippen LogP contribution in [-0.2, 0) is 12.8 Å². The highest BCUT2D eigenvalue weighted by Crippen LogP contribution is 2.24. The predicted octanol–water partition coefficient (Wildman–Crippen LogP) is 8.55. The topological polar surface area (TPSA) is 50.1 Å². The maximum absolute atomic E-state index is 12.7. The standard InChI is InChI=1S/C32H37NO2/c1-4-5-6-7-8-9-10-25-13-20-31(30(22-25)23-33)35-32(34)29-18-16-28(17-19-29)27-14-11-26(12-15-27)21-24(2)3/h11-20,22,24H,4-10,21H2,1-3H3. The Bertz CT molecular complexity index is 1120. The monoisotopic (exact) mass is 467 g/mol. The van der Waals surface area contributed by atoms with Crippen molar-refractivity contribution >= 4 is 5.97 Å². The van der Waals surface area contributed by atoms with Crippen LogP contribution in [-0.4, -0.2) is 5.97 Å². The lowest BCUT2D eigenvalue weighted by molar-refractivity contribution is 0.0734. The molecule has 0 heterocycles. The third-order valence-corrected chi connectivity index (χ3v) is 6.24.